The Morgan fingerprint density at radius 1 is 0.889 bits per heavy atom. The molecule has 0 N–H and O–H groups in total. The average Bonchev–Trinajstić information content (AvgIpc) is 2.72. The molecule has 2 aromatic rings. The van der Waals surface area contributed by atoms with Gasteiger partial charge in [0.05, 0.1) is 34.9 Å². The number of hydrogen-bond donors (Lipinski definition) is 0. The molecule has 6 heteroatoms. The van der Waals surface area contributed by atoms with E-state index in [0.717, 1.165) is 23.3 Å². The van der Waals surface area contributed by atoms with Crippen LogP contribution in [0.1, 0.15) is 16.7 Å². The van der Waals surface area contributed by atoms with Crippen LogP contribution >= 0.6 is 0 Å². The molecule has 0 fully saturated rings. The van der Waals surface area contributed by atoms with E-state index in [0.29, 0.717) is 30.3 Å². The first-order valence-electron chi connectivity index (χ1n) is 8.82. The summed E-state index contributed by atoms with van der Waals surface area (Å²) in [5.74, 6) is 2.84. The van der Waals surface area contributed by atoms with Gasteiger partial charge in [0.25, 0.3) is 0 Å². The van der Waals surface area contributed by atoms with Gasteiger partial charge in [0.2, 0.25) is 5.91 Å². The molecular weight excluding hydrogens is 346 g/mol. The predicted octanol–water partition coefficient (Wildman–Crippen LogP) is 2.85. The summed E-state index contributed by atoms with van der Waals surface area (Å²) < 4.78 is 21.4. The molecule has 0 aliphatic carbocycles. The van der Waals surface area contributed by atoms with E-state index in [1.165, 1.54) is 5.56 Å². The van der Waals surface area contributed by atoms with Crippen LogP contribution < -0.4 is 18.9 Å². The van der Waals surface area contributed by atoms with Crippen molar-refractivity contribution in [3.05, 3.63) is 47.0 Å². The minimum absolute atomic E-state index is 0.0684. The van der Waals surface area contributed by atoms with Crippen LogP contribution in [-0.4, -0.2) is 45.8 Å². The number of ether oxygens (including phenoxy) is 4. The fourth-order valence-electron chi connectivity index (χ4n) is 3.37. The van der Waals surface area contributed by atoms with Gasteiger partial charge in [-0.05, 0) is 35.7 Å². The Morgan fingerprint density at radius 3 is 2.19 bits per heavy atom. The zero-order chi connectivity index (χ0) is 19.4. The molecule has 0 saturated carbocycles. The first-order valence-corrected chi connectivity index (χ1v) is 8.82. The lowest BCUT2D eigenvalue weighted by Crippen LogP contribution is -2.37. The van der Waals surface area contributed by atoms with Gasteiger partial charge in [-0.3, -0.25) is 4.79 Å². The van der Waals surface area contributed by atoms with Gasteiger partial charge >= 0.3 is 0 Å². The van der Waals surface area contributed by atoms with Gasteiger partial charge in [0, 0.05) is 24.7 Å². The van der Waals surface area contributed by atoms with Crippen molar-refractivity contribution in [3.63, 3.8) is 0 Å². The van der Waals surface area contributed by atoms with E-state index in [1.54, 1.807) is 34.5 Å². The minimum atomic E-state index is 0.0684. The fraction of sp³-hybridized carbons (Fsp3) is 0.381. The smallest absolute Gasteiger partial charge is 0.227 e. The second-order valence-corrected chi connectivity index (χ2v) is 6.40. The van der Waals surface area contributed by atoms with Gasteiger partial charge in [-0.2, -0.15) is 0 Å². The molecule has 0 spiro atoms. The highest BCUT2D eigenvalue weighted by atomic mass is 16.5. The first-order chi connectivity index (χ1) is 13.1. The summed E-state index contributed by atoms with van der Waals surface area (Å²) in [5.41, 5.74) is 3.13. The Hall–Kier alpha value is -2.89. The molecule has 0 atom stereocenters. The standard InChI is InChI=1S/C21H25NO5/c1-24-17-6-5-15(18(12-17)25-2)11-21(23)22-8-7-14-9-19(26-3)20(27-4)10-16(14)13-22/h5-6,9-10,12H,7-8,11,13H2,1-4H3. The summed E-state index contributed by atoms with van der Waals surface area (Å²) in [6, 6.07) is 9.48. The van der Waals surface area contributed by atoms with Crippen molar-refractivity contribution in [2.75, 3.05) is 35.0 Å². The Morgan fingerprint density at radius 2 is 1.56 bits per heavy atom. The fourth-order valence-corrected chi connectivity index (χ4v) is 3.37. The van der Waals surface area contributed by atoms with Crippen LogP contribution in [0.2, 0.25) is 0 Å². The van der Waals surface area contributed by atoms with Crippen LogP contribution in [0.15, 0.2) is 30.3 Å². The Labute approximate surface area is 159 Å². The van der Waals surface area contributed by atoms with E-state index >= 15 is 0 Å². The summed E-state index contributed by atoms with van der Waals surface area (Å²) in [6.45, 7) is 1.24. The number of methoxy groups -OCH3 is 4. The van der Waals surface area contributed by atoms with Gasteiger partial charge in [-0.15, -0.1) is 0 Å². The number of carbonyl (C=O) groups is 1. The second kappa shape index (κ2) is 8.20. The zero-order valence-electron chi connectivity index (χ0n) is 16.2. The third-order valence-corrected chi connectivity index (χ3v) is 4.91. The van der Waals surface area contributed by atoms with Crippen molar-refractivity contribution in [2.24, 2.45) is 0 Å². The highest BCUT2D eigenvalue weighted by Gasteiger charge is 2.23. The van der Waals surface area contributed by atoms with Crippen LogP contribution in [0, 0.1) is 0 Å². The molecule has 0 aromatic heterocycles. The highest BCUT2D eigenvalue weighted by molar-refractivity contribution is 5.80. The summed E-state index contributed by atoms with van der Waals surface area (Å²) in [4.78, 5) is 14.7. The van der Waals surface area contributed by atoms with Gasteiger partial charge in [0.15, 0.2) is 11.5 Å². The lowest BCUT2D eigenvalue weighted by Gasteiger charge is -2.30. The molecule has 6 nitrogen and oxygen atoms in total. The SMILES string of the molecule is COc1ccc(CC(=O)N2CCc3cc(OC)c(OC)cc3C2)c(OC)c1. The number of nitrogens with zero attached hydrogens (tertiary/aromatic N) is 1. The maximum absolute atomic E-state index is 12.9. The topological polar surface area (TPSA) is 57.2 Å². The number of rotatable bonds is 6. The molecule has 27 heavy (non-hydrogen) atoms. The maximum atomic E-state index is 12.9. The second-order valence-electron chi connectivity index (χ2n) is 6.40. The van der Waals surface area contributed by atoms with Crippen LogP contribution in [-0.2, 0) is 24.2 Å². The maximum Gasteiger partial charge on any atom is 0.227 e. The van der Waals surface area contributed by atoms with E-state index in [-0.39, 0.29) is 12.3 Å². The number of carbonyl (C=O) groups excluding carboxylic acids is 1. The molecule has 1 amide bonds. The summed E-state index contributed by atoms with van der Waals surface area (Å²) >= 11 is 0. The summed E-state index contributed by atoms with van der Waals surface area (Å²) in [5, 5.41) is 0. The van der Waals surface area contributed by atoms with E-state index < -0.39 is 0 Å². The molecule has 3 rings (SSSR count). The average molecular weight is 371 g/mol. The number of fused-ring (bicyclic) bond motifs is 1. The predicted molar refractivity (Wildman–Crippen MR) is 102 cm³/mol. The minimum Gasteiger partial charge on any atom is -0.497 e. The lowest BCUT2D eigenvalue weighted by atomic mass is 9.98. The third-order valence-electron chi connectivity index (χ3n) is 4.91. The third kappa shape index (κ3) is 3.94. The summed E-state index contributed by atoms with van der Waals surface area (Å²) in [7, 11) is 6.45. The van der Waals surface area contributed by atoms with E-state index in [4.69, 9.17) is 18.9 Å². The lowest BCUT2D eigenvalue weighted by molar-refractivity contribution is -0.131. The van der Waals surface area contributed by atoms with Crippen molar-refractivity contribution in [2.45, 2.75) is 19.4 Å². The van der Waals surface area contributed by atoms with Crippen molar-refractivity contribution >= 4 is 5.91 Å². The number of benzene rings is 2. The van der Waals surface area contributed by atoms with Crippen LogP contribution in [0.4, 0.5) is 0 Å². The first kappa shape index (κ1) is 18.9. The Balaban J connectivity index is 1.76. The Kier molecular flexibility index (Phi) is 5.74. The molecule has 0 unspecified atom stereocenters. The number of amides is 1. The molecule has 0 saturated heterocycles. The van der Waals surface area contributed by atoms with Gasteiger partial charge in [-0.1, -0.05) is 6.07 Å². The van der Waals surface area contributed by atoms with E-state index in [1.807, 2.05) is 29.2 Å². The van der Waals surface area contributed by atoms with Crippen molar-refractivity contribution in [1.82, 2.24) is 4.90 Å². The largest absolute Gasteiger partial charge is 0.497 e. The summed E-state index contributed by atoms with van der Waals surface area (Å²) in [6.07, 6.45) is 1.08. The molecule has 0 bridgehead atoms. The van der Waals surface area contributed by atoms with Crippen LogP contribution in [0.25, 0.3) is 0 Å². The van der Waals surface area contributed by atoms with Gasteiger partial charge in [-0.25, -0.2) is 0 Å². The molecule has 144 valence electrons. The molecule has 1 aliphatic rings. The van der Waals surface area contributed by atoms with Crippen LogP contribution in [0.5, 0.6) is 23.0 Å². The molecular formula is C21H25NO5. The van der Waals surface area contributed by atoms with Gasteiger partial charge < -0.3 is 23.8 Å². The van der Waals surface area contributed by atoms with Crippen molar-refractivity contribution < 1.29 is 23.7 Å². The monoisotopic (exact) mass is 371 g/mol. The van der Waals surface area contributed by atoms with Crippen molar-refractivity contribution in [3.8, 4) is 23.0 Å². The van der Waals surface area contributed by atoms with Gasteiger partial charge in [0.1, 0.15) is 11.5 Å². The molecule has 0 radical (unpaired) electrons. The molecule has 2 aromatic carbocycles. The zero-order valence-corrected chi connectivity index (χ0v) is 16.2. The Bertz CT molecular complexity index is 834. The van der Waals surface area contributed by atoms with Crippen molar-refractivity contribution in [1.29, 1.82) is 0 Å². The highest BCUT2D eigenvalue weighted by Crippen LogP contribution is 2.33. The van der Waals surface area contributed by atoms with E-state index in [2.05, 4.69) is 0 Å². The van der Waals surface area contributed by atoms with Crippen LogP contribution in [0.3, 0.4) is 0 Å². The quantitative estimate of drug-likeness (QED) is 0.782. The molecule has 1 aliphatic heterocycles. The number of hydrogen-bond acceptors (Lipinski definition) is 5. The molecule has 1 heterocycles. The van der Waals surface area contributed by atoms with E-state index in [9.17, 15) is 4.79 Å². The normalized spacial score (nSPS) is 13.0.